The topological polar surface area (TPSA) is 195 Å². The minimum Gasteiger partial charge on any atom is -0.544 e. The molecule has 0 aromatic carbocycles. The normalized spacial score (nSPS) is 16.1. The predicted molar refractivity (Wildman–Crippen MR) is 170 cm³/mol. The van der Waals surface area contributed by atoms with Gasteiger partial charge in [0.1, 0.15) is 25.2 Å². The van der Waals surface area contributed by atoms with Crippen molar-refractivity contribution in [2.45, 2.75) is 116 Å². The quantitative estimate of drug-likeness (QED) is 0.0440. The van der Waals surface area contributed by atoms with Crippen LogP contribution in [0.5, 0.6) is 0 Å². The second kappa shape index (κ2) is 26.5. The van der Waals surface area contributed by atoms with Crippen molar-refractivity contribution in [3.63, 3.8) is 0 Å². The van der Waals surface area contributed by atoms with Crippen LogP contribution < -0.4 is 10.2 Å². The summed E-state index contributed by atoms with van der Waals surface area (Å²) in [6, 6.07) is -3.78. The predicted octanol–water partition coefficient (Wildman–Crippen LogP) is 0.706. The Morgan fingerprint density at radius 2 is 0.867 bits per heavy atom. The third-order valence-corrected chi connectivity index (χ3v) is 8.98. The Labute approximate surface area is 299 Å². The van der Waals surface area contributed by atoms with Crippen LogP contribution >= 0.6 is 0 Å². The molecule has 256 valence electrons. The van der Waals surface area contributed by atoms with E-state index >= 15 is 0 Å². The van der Waals surface area contributed by atoms with Crippen LogP contribution in [0, 0.1) is 0 Å². The number of carboxylic acid groups (broad SMARTS) is 4. The molecule has 0 aliphatic heterocycles. The second-order valence-electron chi connectivity index (χ2n) is 11.5. The Balaban J connectivity index is -0.000000767. The third-order valence-electron chi connectivity index (χ3n) is 8.98. The van der Waals surface area contributed by atoms with E-state index in [4.69, 9.17) is 0 Å². The molecule has 0 saturated heterocycles. The van der Waals surface area contributed by atoms with Crippen molar-refractivity contribution in [1.29, 1.82) is 0 Å². The number of aliphatic hydroxyl groups is 2. The average molecular weight is 671 g/mol. The van der Waals surface area contributed by atoms with Gasteiger partial charge in [-0.2, -0.15) is 0 Å². The smallest absolute Gasteiger partial charge is 0.544 e. The molecule has 45 heavy (non-hydrogen) atoms. The van der Waals surface area contributed by atoms with Crippen LogP contribution in [0.25, 0.3) is 0 Å². The second-order valence-corrected chi connectivity index (χ2v) is 11.5. The van der Waals surface area contributed by atoms with Crippen LogP contribution in [-0.4, -0.2) is 155 Å². The summed E-state index contributed by atoms with van der Waals surface area (Å²) in [6.07, 6.45) is 12.8. The fraction of sp³-hybridized carbons (Fsp3) is 0.750. The van der Waals surface area contributed by atoms with Crippen LogP contribution in [-0.2, 0) is 19.2 Å². The van der Waals surface area contributed by atoms with Crippen LogP contribution in [0.3, 0.4) is 0 Å². The molecule has 12 nitrogen and oxygen atoms in total. The molecule has 0 heterocycles. The molecule has 0 aliphatic carbocycles. The summed E-state index contributed by atoms with van der Waals surface area (Å²) in [5.74, 6) is -4.69. The van der Waals surface area contributed by atoms with Crippen molar-refractivity contribution in [1.82, 2.24) is 0 Å². The van der Waals surface area contributed by atoms with E-state index in [-0.39, 0.29) is 73.0 Å². The molecule has 0 aromatic heterocycles. The largest absolute Gasteiger partial charge is 2.00 e. The summed E-state index contributed by atoms with van der Waals surface area (Å²) in [4.78, 5) is 45.4. The van der Waals surface area contributed by atoms with E-state index < -0.39 is 48.0 Å². The standard InChI is InChI=1S/2C16H29NO5.Ca/c2*1-4-5-6-7-8-9-10-17(11-12-18,13(2)15(19)20)14(3)16(21)22;/h2*4,13-14,18H,1,5-12H2,2-3H3,(H-,19,20,21,22);/q;;+2. The van der Waals surface area contributed by atoms with Crippen LogP contribution in [0.15, 0.2) is 25.3 Å². The number of carbonyl (C=O) groups is 4. The molecule has 0 aliphatic rings. The Hall–Kier alpha value is -1.54. The number of aliphatic carboxylic acids is 4. The summed E-state index contributed by atoms with van der Waals surface area (Å²) in [6.45, 7) is 13.7. The van der Waals surface area contributed by atoms with Gasteiger partial charge in [0.15, 0.2) is 12.1 Å². The molecule has 0 amide bonds. The van der Waals surface area contributed by atoms with Gasteiger partial charge >= 0.3 is 49.7 Å². The van der Waals surface area contributed by atoms with Gasteiger partial charge in [-0.15, -0.1) is 13.2 Å². The minimum atomic E-state index is -1.28. The molecule has 0 aromatic rings. The number of hydrogen-bond donors (Lipinski definition) is 4. The molecule has 0 rings (SSSR count). The molecule has 6 unspecified atom stereocenters. The first-order valence-electron chi connectivity index (χ1n) is 15.7. The fourth-order valence-corrected chi connectivity index (χ4v) is 5.77. The molecule has 0 radical (unpaired) electrons. The van der Waals surface area contributed by atoms with E-state index in [1.165, 1.54) is 27.7 Å². The zero-order valence-corrected chi connectivity index (χ0v) is 30.2. The first kappa shape index (κ1) is 47.9. The molecule has 13 heteroatoms. The van der Waals surface area contributed by atoms with E-state index in [1.54, 1.807) is 0 Å². The maximum atomic E-state index is 11.4. The minimum absolute atomic E-state index is 0. The Morgan fingerprint density at radius 1 is 0.578 bits per heavy atom. The van der Waals surface area contributed by atoms with E-state index in [2.05, 4.69) is 13.2 Å². The van der Waals surface area contributed by atoms with Gasteiger partial charge in [0.05, 0.1) is 38.2 Å². The summed E-state index contributed by atoms with van der Waals surface area (Å²) >= 11 is 0. The molecule has 6 atom stereocenters. The fourth-order valence-electron chi connectivity index (χ4n) is 5.77. The number of hydrogen-bond acceptors (Lipinski definition) is 8. The number of rotatable bonds is 26. The van der Waals surface area contributed by atoms with Gasteiger partial charge in [0.25, 0.3) is 0 Å². The molecule has 4 N–H and O–H groups in total. The maximum absolute atomic E-state index is 11.4. The van der Waals surface area contributed by atoms with Gasteiger partial charge in [-0.1, -0.05) is 25.0 Å². The molecule has 0 saturated carbocycles. The number of nitrogens with zero attached hydrogens (tertiary/aromatic N) is 2. The van der Waals surface area contributed by atoms with Crippen molar-refractivity contribution < 1.29 is 58.8 Å². The third kappa shape index (κ3) is 16.7. The SMILES string of the molecule is C=CCCCCCC[N+](CCO)(C(C)C(=O)[O-])C(C)C(=O)O.C=CCCCCCC[N+](CCO)(C(C)C(=O)[O-])C(C)C(=O)O.[Ca+2]. The first-order valence-corrected chi connectivity index (χ1v) is 15.7. The summed E-state index contributed by atoms with van der Waals surface area (Å²) in [7, 11) is 0. The van der Waals surface area contributed by atoms with E-state index in [0.717, 1.165) is 51.4 Å². The van der Waals surface area contributed by atoms with Crippen molar-refractivity contribution in [3.8, 4) is 0 Å². The van der Waals surface area contributed by atoms with Crippen molar-refractivity contribution in [2.75, 3.05) is 39.4 Å². The van der Waals surface area contributed by atoms with Gasteiger partial charge in [-0.05, 0) is 79.1 Å². The number of carbonyl (C=O) groups excluding carboxylic acids is 2. The zero-order valence-electron chi connectivity index (χ0n) is 28.0. The van der Waals surface area contributed by atoms with Crippen molar-refractivity contribution in [2.24, 2.45) is 0 Å². The van der Waals surface area contributed by atoms with Gasteiger partial charge < -0.3 is 49.2 Å². The van der Waals surface area contributed by atoms with Gasteiger partial charge in [0, 0.05) is 0 Å². The zero-order chi connectivity index (χ0) is 34.3. The van der Waals surface area contributed by atoms with Gasteiger partial charge in [0.2, 0.25) is 0 Å². The van der Waals surface area contributed by atoms with E-state index in [9.17, 15) is 49.8 Å². The molecule has 0 fully saturated rings. The Morgan fingerprint density at radius 3 is 1.09 bits per heavy atom. The summed E-state index contributed by atoms with van der Waals surface area (Å²) in [5, 5.41) is 59.9. The molecule has 0 spiro atoms. The summed E-state index contributed by atoms with van der Waals surface area (Å²) in [5.41, 5.74) is 0. The monoisotopic (exact) mass is 670 g/mol. The number of quaternary nitrogens is 2. The Bertz CT molecular complexity index is 776. The summed E-state index contributed by atoms with van der Waals surface area (Å²) < 4.78 is -0.370. The van der Waals surface area contributed by atoms with Crippen LogP contribution in [0.2, 0.25) is 0 Å². The maximum Gasteiger partial charge on any atom is 2.00 e. The number of carboxylic acids is 4. The molecular formula is C32H58CaN2O10+2. The van der Waals surface area contributed by atoms with E-state index in [0.29, 0.717) is 25.9 Å². The number of allylic oxidation sites excluding steroid dienone is 2. The number of unbranched alkanes of at least 4 members (excludes halogenated alkanes) is 8. The van der Waals surface area contributed by atoms with Crippen molar-refractivity contribution >= 4 is 61.6 Å². The van der Waals surface area contributed by atoms with Crippen molar-refractivity contribution in [3.05, 3.63) is 25.3 Å². The van der Waals surface area contributed by atoms with Gasteiger partial charge in [-0.3, -0.25) is 0 Å². The number of aliphatic hydroxyl groups excluding tert-OH is 2. The molecular weight excluding hydrogens is 612 g/mol. The van der Waals surface area contributed by atoms with Crippen LogP contribution in [0.4, 0.5) is 0 Å². The van der Waals surface area contributed by atoms with E-state index in [1.807, 2.05) is 12.2 Å². The Kier molecular flexibility index (Phi) is 28.2. The average Bonchev–Trinajstić information content (AvgIpc) is 2.98. The molecule has 0 bridgehead atoms. The van der Waals surface area contributed by atoms with Crippen LogP contribution in [0.1, 0.15) is 91.9 Å². The first-order chi connectivity index (χ1) is 20.7. The van der Waals surface area contributed by atoms with Gasteiger partial charge in [-0.25, -0.2) is 9.59 Å².